The third-order valence-corrected chi connectivity index (χ3v) is 7.30. The highest BCUT2D eigenvalue weighted by molar-refractivity contribution is 6.36. The fraction of sp³-hybridized carbons (Fsp3) is 0.296. The second-order valence-electron chi connectivity index (χ2n) is 8.77. The smallest absolute Gasteiger partial charge is 0.219 e. The molecule has 1 heterocycles. The maximum atomic E-state index is 13.8. The minimum absolute atomic E-state index is 0.00742. The number of hydrogen-bond acceptors (Lipinski definition) is 2. The molecule has 0 radical (unpaired) electrons. The summed E-state index contributed by atoms with van der Waals surface area (Å²) in [5.74, 6) is -1.93. The molecule has 0 aromatic heterocycles. The van der Waals surface area contributed by atoms with Gasteiger partial charge in [-0.05, 0) is 72.9 Å². The molecule has 0 spiro atoms. The topological polar surface area (TPSA) is 23.6 Å². The summed E-state index contributed by atoms with van der Waals surface area (Å²) < 4.78 is 27.2. The van der Waals surface area contributed by atoms with Gasteiger partial charge in [-0.25, -0.2) is 8.78 Å². The van der Waals surface area contributed by atoms with E-state index in [9.17, 15) is 13.6 Å². The maximum absolute atomic E-state index is 13.8. The molecule has 184 valence electrons. The Labute approximate surface area is 219 Å². The fourth-order valence-corrected chi connectivity index (χ4v) is 5.42. The molecule has 1 aliphatic rings. The van der Waals surface area contributed by atoms with Crippen LogP contribution in [0.3, 0.4) is 0 Å². The molecule has 4 rings (SSSR count). The van der Waals surface area contributed by atoms with E-state index < -0.39 is 11.6 Å². The number of amides is 1. The molecular formula is C27H25Cl3F2N2O. The number of carbonyl (C=O) groups is 1. The number of nitrogens with zero attached hydrogens (tertiary/aromatic N) is 2. The van der Waals surface area contributed by atoms with E-state index in [-0.39, 0.29) is 24.5 Å². The molecule has 3 nitrogen and oxygen atoms in total. The summed E-state index contributed by atoms with van der Waals surface area (Å²) in [4.78, 5) is 16.6. The summed E-state index contributed by atoms with van der Waals surface area (Å²) in [7, 11) is 0. The summed E-state index contributed by atoms with van der Waals surface area (Å²) in [6, 6.07) is 16.9. The average Bonchev–Trinajstić information content (AvgIpc) is 3.03. The zero-order valence-corrected chi connectivity index (χ0v) is 21.4. The van der Waals surface area contributed by atoms with Crippen molar-refractivity contribution in [3.05, 3.63) is 98.5 Å². The van der Waals surface area contributed by atoms with Crippen LogP contribution in [-0.2, 0) is 11.3 Å². The molecule has 1 amide bonds. The van der Waals surface area contributed by atoms with Crippen LogP contribution in [0.15, 0.2) is 60.7 Å². The van der Waals surface area contributed by atoms with Gasteiger partial charge in [-0.15, -0.1) is 0 Å². The van der Waals surface area contributed by atoms with Crippen molar-refractivity contribution >= 4 is 46.4 Å². The molecule has 3 aromatic carbocycles. The second-order valence-corrected chi connectivity index (χ2v) is 10.1. The Bertz CT molecular complexity index is 1210. The van der Waals surface area contributed by atoms with E-state index in [1.165, 1.54) is 13.0 Å². The van der Waals surface area contributed by atoms with Gasteiger partial charge in [-0.1, -0.05) is 53.0 Å². The third kappa shape index (κ3) is 6.08. The highest BCUT2D eigenvalue weighted by Crippen LogP contribution is 2.40. The van der Waals surface area contributed by atoms with Crippen LogP contribution in [0, 0.1) is 11.6 Å². The van der Waals surface area contributed by atoms with E-state index >= 15 is 0 Å². The molecule has 0 bridgehead atoms. The number of anilines is 1. The molecule has 1 saturated heterocycles. The Morgan fingerprint density at radius 3 is 2.29 bits per heavy atom. The zero-order chi connectivity index (χ0) is 25.1. The van der Waals surface area contributed by atoms with Gasteiger partial charge in [-0.3, -0.25) is 4.79 Å². The molecule has 1 fully saturated rings. The van der Waals surface area contributed by atoms with E-state index in [0.29, 0.717) is 33.6 Å². The molecular weight excluding hydrogens is 513 g/mol. The molecule has 1 aliphatic heterocycles. The van der Waals surface area contributed by atoms with Crippen molar-refractivity contribution in [1.82, 2.24) is 4.90 Å². The lowest BCUT2D eigenvalue weighted by atomic mass is 9.98. The highest BCUT2D eigenvalue weighted by Gasteiger charge is 2.31. The van der Waals surface area contributed by atoms with Crippen LogP contribution in [0.5, 0.6) is 0 Å². The lowest BCUT2D eigenvalue weighted by Gasteiger charge is -2.33. The second kappa shape index (κ2) is 11.2. The van der Waals surface area contributed by atoms with Gasteiger partial charge in [0.1, 0.15) is 0 Å². The first-order valence-corrected chi connectivity index (χ1v) is 12.5. The standard InChI is InChI=1S/C27H25Cl3F2N2O/c1-17(35)34(16-18-2-9-24(31)25(32)14-18)22-8-11-26(19-3-5-20(28)6-4-19)33(13-12-22)27-10-7-21(29)15-23(27)30/h2-7,9-10,14-15,22,26H,8,11-13,16H2,1H3. The Morgan fingerprint density at radius 1 is 0.914 bits per heavy atom. The predicted octanol–water partition coefficient (Wildman–Crippen LogP) is 8.07. The Hall–Kier alpha value is -2.34. The Balaban J connectivity index is 1.64. The molecule has 2 unspecified atom stereocenters. The highest BCUT2D eigenvalue weighted by atomic mass is 35.5. The van der Waals surface area contributed by atoms with Crippen LogP contribution in [0.4, 0.5) is 14.5 Å². The van der Waals surface area contributed by atoms with Crippen LogP contribution in [0.2, 0.25) is 15.1 Å². The fourth-order valence-electron chi connectivity index (χ4n) is 4.77. The van der Waals surface area contributed by atoms with Crippen molar-refractivity contribution in [2.45, 2.75) is 44.8 Å². The van der Waals surface area contributed by atoms with E-state index in [2.05, 4.69) is 4.90 Å². The van der Waals surface area contributed by atoms with Crippen molar-refractivity contribution in [3.8, 4) is 0 Å². The zero-order valence-electron chi connectivity index (χ0n) is 19.2. The summed E-state index contributed by atoms with van der Waals surface area (Å²) in [6.45, 7) is 2.36. The summed E-state index contributed by atoms with van der Waals surface area (Å²) >= 11 is 18.9. The normalized spacial score (nSPS) is 18.3. The largest absolute Gasteiger partial charge is 0.363 e. The van der Waals surface area contributed by atoms with Gasteiger partial charge in [0.2, 0.25) is 5.91 Å². The number of carbonyl (C=O) groups excluding carboxylic acids is 1. The van der Waals surface area contributed by atoms with Gasteiger partial charge in [0, 0.05) is 36.1 Å². The first kappa shape index (κ1) is 25.7. The SMILES string of the molecule is CC(=O)N(Cc1ccc(F)c(F)c1)C1CCC(c2ccc(Cl)cc2)N(c2ccc(Cl)cc2Cl)CC1. The molecule has 8 heteroatoms. The average molecular weight is 538 g/mol. The Kier molecular flexibility index (Phi) is 8.20. The van der Waals surface area contributed by atoms with Crippen molar-refractivity contribution in [1.29, 1.82) is 0 Å². The lowest BCUT2D eigenvalue weighted by molar-refractivity contribution is -0.132. The number of hydrogen-bond donors (Lipinski definition) is 0. The van der Waals surface area contributed by atoms with Gasteiger partial charge in [-0.2, -0.15) is 0 Å². The van der Waals surface area contributed by atoms with E-state index in [0.717, 1.165) is 36.2 Å². The van der Waals surface area contributed by atoms with Crippen molar-refractivity contribution in [2.75, 3.05) is 11.4 Å². The first-order chi connectivity index (χ1) is 16.7. The van der Waals surface area contributed by atoms with Crippen LogP contribution in [0.25, 0.3) is 0 Å². The summed E-state index contributed by atoms with van der Waals surface area (Å²) in [6.07, 6.45) is 2.18. The molecule has 3 aromatic rings. The minimum Gasteiger partial charge on any atom is -0.363 e. The molecule has 0 N–H and O–H groups in total. The van der Waals surface area contributed by atoms with Gasteiger partial charge in [0.15, 0.2) is 11.6 Å². The van der Waals surface area contributed by atoms with Crippen LogP contribution < -0.4 is 4.90 Å². The van der Waals surface area contributed by atoms with E-state index in [1.54, 1.807) is 11.0 Å². The van der Waals surface area contributed by atoms with Crippen LogP contribution >= 0.6 is 34.8 Å². The summed E-state index contributed by atoms with van der Waals surface area (Å²) in [5, 5.41) is 1.77. The van der Waals surface area contributed by atoms with Gasteiger partial charge < -0.3 is 9.80 Å². The molecule has 0 saturated carbocycles. The molecule has 0 aliphatic carbocycles. The predicted molar refractivity (Wildman–Crippen MR) is 138 cm³/mol. The van der Waals surface area contributed by atoms with Gasteiger partial charge in [0.05, 0.1) is 16.8 Å². The third-order valence-electron chi connectivity index (χ3n) is 6.51. The van der Waals surface area contributed by atoms with Crippen molar-refractivity contribution in [2.24, 2.45) is 0 Å². The minimum atomic E-state index is -0.918. The number of benzene rings is 3. The van der Waals surface area contributed by atoms with Crippen LogP contribution in [-0.4, -0.2) is 23.4 Å². The number of rotatable bonds is 5. The van der Waals surface area contributed by atoms with Crippen LogP contribution in [0.1, 0.15) is 43.4 Å². The quantitative estimate of drug-likeness (QED) is 0.328. The Morgan fingerprint density at radius 2 is 1.63 bits per heavy atom. The summed E-state index contributed by atoms with van der Waals surface area (Å²) in [5.41, 5.74) is 2.51. The first-order valence-electron chi connectivity index (χ1n) is 11.4. The van der Waals surface area contributed by atoms with Crippen molar-refractivity contribution < 1.29 is 13.6 Å². The number of halogens is 5. The molecule has 35 heavy (non-hydrogen) atoms. The van der Waals surface area contributed by atoms with Gasteiger partial charge >= 0.3 is 0 Å². The lowest BCUT2D eigenvalue weighted by Crippen LogP contribution is -2.39. The molecule has 2 atom stereocenters. The van der Waals surface area contributed by atoms with E-state index in [4.69, 9.17) is 34.8 Å². The maximum Gasteiger partial charge on any atom is 0.219 e. The van der Waals surface area contributed by atoms with Crippen molar-refractivity contribution in [3.63, 3.8) is 0 Å². The van der Waals surface area contributed by atoms with Gasteiger partial charge in [0.25, 0.3) is 0 Å². The van der Waals surface area contributed by atoms with E-state index in [1.807, 2.05) is 36.4 Å². The monoisotopic (exact) mass is 536 g/mol.